The van der Waals surface area contributed by atoms with Gasteiger partial charge in [0.1, 0.15) is 17.3 Å². The van der Waals surface area contributed by atoms with Crippen LogP contribution in [0.4, 0.5) is 14.9 Å². The maximum Gasteiger partial charge on any atom is 0.319 e. The largest absolute Gasteiger partial charge is 0.507 e. The standard InChI is InChI=1S/C17H17FN2O4/c1-10(21)13-7-14(16(24-2)8-15(13)22)20-17(23)19-9-11-3-5-12(18)6-4-11/h3-8,22H,9H2,1-2H3,(H2,19,20,23). The second-order valence-electron chi connectivity index (χ2n) is 5.06. The molecule has 2 aromatic carbocycles. The minimum Gasteiger partial charge on any atom is -0.507 e. The number of nitrogens with one attached hydrogen (secondary N) is 2. The van der Waals surface area contributed by atoms with Gasteiger partial charge in [-0.2, -0.15) is 0 Å². The first-order valence-corrected chi connectivity index (χ1v) is 7.12. The Morgan fingerprint density at radius 3 is 2.46 bits per heavy atom. The highest BCUT2D eigenvalue weighted by Gasteiger charge is 2.14. The van der Waals surface area contributed by atoms with Gasteiger partial charge in [-0.1, -0.05) is 12.1 Å². The van der Waals surface area contributed by atoms with Crippen molar-refractivity contribution in [1.29, 1.82) is 0 Å². The van der Waals surface area contributed by atoms with E-state index in [2.05, 4.69) is 10.6 Å². The van der Waals surface area contributed by atoms with E-state index in [1.54, 1.807) is 12.1 Å². The highest BCUT2D eigenvalue weighted by Crippen LogP contribution is 2.32. The van der Waals surface area contributed by atoms with Crippen LogP contribution in [0, 0.1) is 5.82 Å². The average Bonchev–Trinajstić information content (AvgIpc) is 2.55. The number of benzene rings is 2. The molecule has 3 N–H and O–H groups in total. The van der Waals surface area contributed by atoms with E-state index in [9.17, 15) is 19.1 Å². The Morgan fingerprint density at radius 2 is 1.88 bits per heavy atom. The molecular formula is C17H17FN2O4. The molecule has 126 valence electrons. The summed E-state index contributed by atoms with van der Waals surface area (Å²) in [6.45, 7) is 1.51. The fourth-order valence-electron chi connectivity index (χ4n) is 2.07. The number of phenols is 1. The fraction of sp³-hybridized carbons (Fsp3) is 0.176. The number of halogens is 1. The molecule has 6 nitrogen and oxygen atoms in total. The summed E-state index contributed by atoms with van der Waals surface area (Å²) < 4.78 is 17.9. The van der Waals surface area contributed by atoms with Gasteiger partial charge in [0.25, 0.3) is 0 Å². The van der Waals surface area contributed by atoms with E-state index in [1.807, 2.05) is 0 Å². The van der Waals surface area contributed by atoms with Gasteiger partial charge in [0.2, 0.25) is 0 Å². The Labute approximate surface area is 138 Å². The zero-order valence-electron chi connectivity index (χ0n) is 13.2. The second kappa shape index (κ2) is 7.45. The molecule has 24 heavy (non-hydrogen) atoms. The van der Waals surface area contributed by atoms with E-state index < -0.39 is 6.03 Å². The van der Waals surface area contributed by atoms with Crippen LogP contribution in [0.3, 0.4) is 0 Å². The number of rotatable bonds is 5. The smallest absolute Gasteiger partial charge is 0.319 e. The topological polar surface area (TPSA) is 87.7 Å². The predicted molar refractivity (Wildman–Crippen MR) is 86.9 cm³/mol. The average molecular weight is 332 g/mol. The highest BCUT2D eigenvalue weighted by molar-refractivity contribution is 6.00. The molecule has 0 aromatic heterocycles. The minimum atomic E-state index is -0.530. The van der Waals surface area contributed by atoms with Crippen LogP contribution >= 0.6 is 0 Å². The highest BCUT2D eigenvalue weighted by atomic mass is 19.1. The number of ether oxygens (including phenoxy) is 1. The monoisotopic (exact) mass is 332 g/mol. The lowest BCUT2D eigenvalue weighted by molar-refractivity contribution is 0.101. The Kier molecular flexibility index (Phi) is 5.36. The van der Waals surface area contributed by atoms with E-state index >= 15 is 0 Å². The summed E-state index contributed by atoms with van der Waals surface area (Å²) in [6.07, 6.45) is 0. The van der Waals surface area contributed by atoms with Gasteiger partial charge in [0, 0.05) is 12.6 Å². The molecule has 0 fully saturated rings. The molecule has 0 aliphatic carbocycles. The molecular weight excluding hydrogens is 315 g/mol. The summed E-state index contributed by atoms with van der Waals surface area (Å²) in [6, 6.07) is 7.79. The van der Waals surface area contributed by atoms with Crippen molar-refractivity contribution in [2.45, 2.75) is 13.5 Å². The number of amides is 2. The van der Waals surface area contributed by atoms with Gasteiger partial charge < -0.3 is 20.5 Å². The Balaban J connectivity index is 2.08. The van der Waals surface area contributed by atoms with Crippen LogP contribution in [0.15, 0.2) is 36.4 Å². The van der Waals surface area contributed by atoms with Crippen LogP contribution in [0.2, 0.25) is 0 Å². The number of hydrogen-bond acceptors (Lipinski definition) is 4. The number of urea groups is 1. The van der Waals surface area contributed by atoms with Crippen molar-refractivity contribution in [2.75, 3.05) is 12.4 Å². The van der Waals surface area contributed by atoms with Gasteiger partial charge >= 0.3 is 6.03 Å². The zero-order valence-corrected chi connectivity index (χ0v) is 13.2. The van der Waals surface area contributed by atoms with Crippen LogP contribution in [-0.4, -0.2) is 24.0 Å². The quantitative estimate of drug-likeness (QED) is 0.580. The maximum absolute atomic E-state index is 12.8. The summed E-state index contributed by atoms with van der Waals surface area (Å²) in [5, 5.41) is 14.9. The van der Waals surface area contributed by atoms with Crippen molar-refractivity contribution in [3.05, 3.63) is 53.3 Å². The summed E-state index contributed by atoms with van der Waals surface area (Å²) in [5.74, 6) is -0.704. The number of carbonyl (C=O) groups excluding carboxylic acids is 2. The molecule has 0 saturated carbocycles. The Bertz CT molecular complexity index is 760. The third kappa shape index (κ3) is 4.22. The molecule has 0 unspecified atom stereocenters. The first-order chi connectivity index (χ1) is 11.4. The third-order valence-corrected chi connectivity index (χ3v) is 3.31. The van der Waals surface area contributed by atoms with Gasteiger partial charge in [-0.05, 0) is 30.7 Å². The number of hydrogen-bond donors (Lipinski definition) is 3. The van der Waals surface area contributed by atoms with E-state index in [1.165, 1.54) is 38.3 Å². The molecule has 0 bridgehead atoms. The molecule has 0 heterocycles. The van der Waals surface area contributed by atoms with Crippen molar-refractivity contribution in [1.82, 2.24) is 5.32 Å². The van der Waals surface area contributed by atoms with Crippen LogP contribution in [0.1, 0.15) is 22.8 Å². The van der Waals surface area contributed by atoms with Gasteiger partial charge in [-0.3, -0.25) is 4.79 Å². The number of Topliss-reactive ketones (excluding diaryl/α,β-unsaturated/α-hetero) is 1. The number of ketones is 1. The van der Waals surface area contributed by atoms with Gasteiger partial charge in [-0.25, -0.2) is 9.18 Å². The van der Waals surface area contributed by atoms with Gasteiger partial charge in [0.05, 0.1) is 18.4 Å². The maximum atomic E-state index is 12.8. The lowest BCUT2D eigenvalue weighted by Gasteiger charge is -2.13. The summed E-state index contributed by atoms with van der Waals surface area (Å²) in [5.41, 5.74) is 1.05. The molecule has 0 radical (unpaired) electrons. The number of anilines is 1. The summed E-state index contributed by atoms with van der Waals surface area (Å²) >= 11 is 0. The molecule has 0 aliphatic rings. The molecule has 7 heteroatoms. The van der Waals surface area contributed by atoms with Crippen molar-refractivity contribution in [2.24, 2.45) is 0 Å². The van der Waals surface area contributed by atoms with Crippen LogP contribution in [0.5, 0.6) is 11.5 Å². The number of methoxy groups -OCH3 is 1. The molecule has 2 rings (SSSR count). The van der Waals surface area contributed by atoms with E-state index in [0.717, 1.165) is 5.56 Å². The van der Waals surface area contributed by atoms with Crippen molar-refractivity contribution < 1.29 is 23.8 Å². The molecule has 0 spiro atoms. The Morgan fingerprint density at radius 1 is 1.21 bits per heavy atom. The fourth-order valence-corrected chi connectivity index (χ4v) is 2.07. The second-order valence-corrected chi connectivity index (χ2v) is 5.06. The number of aromatic hydroxyl groups is 1. The molecule has 0 aliphatic heterocycles. The zero-order chi connectivity index (χ0) is 17.7. The lowest BCUT2D eigenvalue weighted by Crippen LogP contribution is -2.28. The SMILES string of the molecule is COc1cc(O)c(C(C)=O)cc1NC(=O)NCc1ccc(F)cc1. The molecule has 2 amide bonds. The van der Waals surface area contributed by atoms with Crippen molar-refractivity contribution in [3.8, 4) is 11.5 Å². The predicted octanol–water partition coefficient (Wildman–Crippen LogP) is 3.06. The van der Waals surface area contributed by atoms with Crippen LogP contribution in [0.25, 0.3) is 0 Å². The van der Waals surface area contributed by atoms with E-state index in [4.69, 9.17) is 4.74 Å². The molecule has 2 aromatic rings. The summed E-state index contributed by atoms with van der Waals surface area (Å²) in [4.78, 5) is 23.5. The first kappa shape index (κ1) is 17.3. The van der Waals surface area contributed by atoms with Crippen molar-refractivity contribution in [3.63, 3.8) is 0 Å². The van der Waals surface area contributed by atoms with Crippen LogP contribution in [-0.2, 0) is 6.54 Å². The number of phenolic OH excluding ortho intramolecular Hbond substituents is 1. The Hall–Kier alpha value is -3.09. The third-order valence-electron chi connectivity index (χ3n) is 3.31. The molecule has 0 atom stereocenters. The van der Waals surface area contributed by atoms with E-state index in [-0.39, 0.29) is 40.9 Å². The number of carbonyl (C=O) groups is 2. The molecule has 0 saturated heterocycles. The minimum absolute atomic E-state index is 0.0737. The van der Waals surface area contributed by atoms with Gasteiger partial charge in [0.15, 0.2) is 5.78 Å². The lowest BCUT2D eigenvalue weighted by atomic mass is 10.1. The van der Waals surface area contributed by atoms with Crippen LogP contribution < -0.4 is 15.4 Å². The van der Waals surface area contributed by atoms with Gasteiger partial charge in [-0.15, -0.1) is 0 Å². The summed E-state index contributed by atoms with van der Waals surface area (Å²) in [7, 11) is 1.38. The van der Waals surface area contributed by atoms with E-state index in [0.29, 0.717) is 0 Å². The first-order valence-electron chi connectivity index (χ1n) is 7.12. The normalized spacial score (nSPS) is 10.1. The van der Waals surface area contributed by atoms with Crippen molar-refractivity contribution >= 4 is 17.5 Å².